The highest BCUT2D eigenvalue weighted by molar-refractivity contribution is 7.99. The SMILES string of the molecule is CNC(=S)Nc1nc(Sc2ncccn2)cc(N2CCC[C@@H](C)C2)n1. The molecule has 0 spiro atoms. The lowest BCUT2D eigenvalue weighted by Crippen LogP contribution is -2.35. The summed E-state index contributed by atoms with van der Waals surface area (Å²) in [7, 11) is 1.76. The fraction of sp³-hybridized carbons (Fsp3) is 0.438. The van der Waals surface area contributed by atoms with Crippen LogP contribution in [0.2, 0.25) is 0 Å². The van der Waals surface area contributed by atoms with Gasteiger partial charge in [-0.15, -0.1) is 0 Å². The van der Waals surface area contributed by atoms with E-state index < -0.39 is 0 Å². The van der Waals surface area contributed by atoms with Crippen molar-refractivity contribution in [2.75, 3.05) is 30.4 Å². The Bertz CT molecular complexity index is 726. The summed E-state index contributed by atoms with van der Waals surface area (Å²) >= 11 is 6.59. The first-order valence-corrected chi connectivity index (χ1v) is 9.44. The number of anilines is 2. The third-order valence-electron chi connectivity index (χ3n) is 3.86. The van der Waals surface area contributed by atoms with E-state index in [9.17, 15) is 0 Å². The molecule has 0 bridgehead atoms. The van der Waals surface area contributed by atoms with Gasteiger partial charge >= 0.3 is 0 Å². The van der Waals surface area contributed by atoms with E-state index in [1.807, 2.05) is 6.07 Å². The van der Waals surface area contributed by atoms with Crippen LogP contribution in [-0.4, -0.2) is 45.2 Å². The third-order valence-corrected chi connectivity index (χ3v) is 4.98. The quantitative estimate of drug-likeness (QED) is 0.476. The van der Waals surface area contributed by atoms with Crippen molar-refractivity contribution in [3.05, 3.63) is 24.5 Å². The second-order valence-electron chi connectivity index (χ2n) is 5.92. The molecule has 1 aliphatic rings. The predicted octanol–water partition coefficient (Wildman–Crippen LogP) is 2.57. The van der Waals surface area contributed by atoms with Crippen LogP contribution in [0.3, 0.4) is 0 Å². The van der Waals surface area contributed by atoms with Crippen molar-refractivity contribution < 1.29 is 0 Å². The first-order chi connectivity index (χ1) is 12.1. The van der Waals surface area contributed by atoms with Gasteiger partial charge in [0.25, 0.3) is 0 Å². The number of nitrogens with zero attached hydrogens (tertiary/aromatic N) is 5. The van der Waals surface area contributed by atoms with Crippen LogP contribution >= 0.6 is 24.0 Å². The molecule has 1 saturated heterocycles. The van der Waals surface area contributed by atoms with Crippen LogP contribution in [0, 0.1) is 5.92 Å². The number of piperidine rings is 1. The fourth-order valence-electron chi connectivity index (χ4n) is 2.68. The molecule has 0 unspecified atom stereocenters. The molecule has 2 aromatic rings. The molecule has 1 atom stereocenters. The molecule has 2 N–H and O–H groups in total. The van der Waals surface area contributed by atoms with Gasteiger partial charge in [0.2, 0.25) is 5.95 Å². The van der Waals surface area contributed by atoms with Gasteiger partial charge < -0.3 is 15.5 Å². The normalized spacial score (nSPS) is 17.2. The second kappa shape index (κ2) is 8.39. The van der Waals surface area contributed by atoms with Crippen molar-refractivity contribution in [2.45, 2.75) is 29.9 Å². The van der Waals surface area contributed by atoms with Gasteiger partial charge in [-0.2, -0.15) is 4.98 Å². The van der Waals surface area contributed by atoms with E-state index in [1.54, 1.807) is 25.5 Å². The fourth-order valence-corrected chi connectivity index (χ4v) is 3.48. The smallest absolute Gasteiger partial charge is 0.232 e. The predicted molar refractivity (Wildman–Crippen MR) is 104 cm³/mol. The molecule has 0 aliphatic carbocycles. The van der Waals surface area contributed by atoms with E-state index in [2.05, 4.69) is 42.4 Å². The maximum absolute atomic E-state index is 5.18. The number of thiocarbonyl (C=S) groups is 1. The Morgan fingerprint density at radius 3 is 2.84 bits per heavy atom. The molecule has 25 heavy (non-hydrogen) atoms. The summed E-state index contributed by atoms with van der Waals surface area (Å²) in [6, 6.07) is 3.79. The molecule has 9 heteroatoms. The molecule has 0 saturated carbocycles. The first-order valence-electron chi connectivity index (χ1n) is 8.21. The summed E-state index contributed by atoms with van der Waals surface area (Å²) in [6.45, 7) is 4.28. The molecular formula is C16H21N7S2. The van der Waals surface area contributed by atoms with Gasteiger partial charge in [-0.05, 0) is 48.8 Å². The Hall–Kier alpha value is -2.00. The summed E-state index contributed by atoms with van der Waals surface area (Å²) in [5.41, 5.74) is 0. The van der Waals surface area contributed by atoms with Crippen molar-refractivity contribution in [2.24, 2.45) is 5.92 Å². The van der Waals surface area contributed by atoms with Gasteiger partial charge in [-0.25, -0.2) is 15.0 Å². The minimum Gasteiger partial charge on any atom is -0.365 e. The van der Waals surface area contributed by atoms with Crippen LogP contribution in [0.15, 0.2) is 34.7 Å². The highest BCUT2D eigenvalue weighted by atomic mass is 32.2. The van der Waals surface area contributed by atoms with Gasteiger partial charge in [-0.3, -0.25) is 0 Å². The van der Waals surface area contributed by atoms with E-state index in [0.29, 0.717) is 22.1 Å². The molecule has 1 fully saturated rings. The third kappa shape index (κ3) is 4.99. The molecule has 7 nitrogen and oxygen atoms in total. The molecule has 2 aromatic heterocycles. The van der Waals surface area contributed by atoms with Crippen molar-refractivity contribution >= 4 is 40.9 Å². The number of aromatic nitrogens is 4. The molecule has 0 aromatic carbocycles. The molecule has 0 amide bonds. The van der Waals surface area contributed by atoms with E-state index >= 15 is 0 Å². The van der Waals surface area contributed by atoms with Crippen LogP contribution in [-0.2, 0) is 0 Å². The standard InChI is InChI=1S/C16H21N7S2/c1-11-5-3-8-23(10-11)12-9-13(25-16-18-6-4-7-19-16)21-14(20-12)22-15(24)17-2/h4,6-7,9,11H,3,5,8,10H2,1-2H3,(H2,17,20,21,22,24)/t11-/m1/s1. The average Bonchev–Trinajstić information content (AvgIpc) is 2.62. The highest BCUT2D eigenvalue weighted by Crippen LogP contribution is 2.28. The minimum absolute atomic E-state index is 0.480. The Morgan fingerprint density at radius 2 is 2.12 bits per heavy atom. The molecule has 3 rings (SSSR count). The zero-order chi connectivity index (χ0) is 17.6. The van der Waals surface area contributed by atoms with E-state index in [4.69, 9.17) is 12.2 Å². The Balaban J connectivity index is 1.88. The molecule has 1 aliphatic heterocycles. The maximum Gasteiger partial charge on any atom is 0.232 e. The first kappa shape index (κ1) is 17.8. The highest BCUT2D eigenvalue weighted by Gasteiger charge is 2.19. The molecule has 3 heterocycles. The summed E-state index contributed by atoms with van der Waals surface area (Å²) in [6.07, 6.45) is 5.88. The van der Waals surface area contributed by atoms with Gasteiger partial charge in [-0.1, -0.05) is 6.92 Å². The van der Waals surface area contributed by atoms with E-state index in [-0.39, 0.29) is 0 Å². The van der Waals surface area contributed by atoms with Crippen LogP contribution in [0.5, 0.6) is 0 Å². The number of rotatable bonds is 4. The Kier molecular flexibility index (Phi) is 5.98. The maximum atomic E-state index is 5.18. The second-order valence-corrected chi connectivity index (χ2v) is 7.31. The largest absolute Gasteiger partial charge is 0.365 e. The molecular weight excluding hydrogens is 354 g/mol. The lowest BCUT2D eigenvalue weighted by atomic mass is 10.0. The zero-order valence-corrected chi connectivity index (χ0v) is 15.9. The van der Waals surface area contributed by atoms with Crippen molar-refractivity contribution in [3.63, 3.8) is 0 Å². The minimum atomic E-state index is 0.480. The van der Waals surface area contributed by atoms with Crippen molar-refractivity contribution in [3.8, 4) is 0 Å². The lowest BCUT2D eigenvalue weighted by Gasteiger charge is -2.32. The number of nitrogens with one attached hydrogen (secondary N) is 2. The Labute approximate surface area is 157 Å². The van der Waals surface area contributed by atoms with Crippen LogP contribution < -0.4 is 15.5 Å². The summed E-state index contributed by atoms with van der Waals surface area (Å²) in [4.78, 5) is 20.0. The average molecular weight is 376 g/mol. The Morgan fingerprint density at radius 1 is 1.32 bits per heavy atom. The van der Waals surface area contributed by atoms with Gasteiger partial charge in [0, 0.05) is 38.6 Å². The van der Waals surface area contributed by atoms with E-state index in [0.717, 1.165) is 23.9 Å². The lowest BCUT2D eigenvalue weighted by molar-refractivity contribution is 0.444. The van der Waals surface area contributed by atoms with Gasteiger partial charge in [0.05, 0.1) is 0 Å². The monoisotopic (exact) mass is 375 g/mol. The summed E-state index contributed by atoms with van der Waals surface area (Å²) in [5.74, 6) is 2.04. The van der Waals surface area contributed by atoms with Crippen molar-refractivity contribution in [1.29, 1.82) is 0 Å². The van der Waals surface area contributed by atoms with Gasteiger partial charge in [0.15, 0.2) is 10.3 Å². The van der Waals surface area contributed by atoms with Gasteiger partial charge in [0.1, 0.15) is 10.8 Å². The summed E-state index contributed by atoms with van der Waals surface area (Å²) < 4.78 is 0. The van der Waals surface area contributed by atoms with E-state index in [1.165, 1.54) is 24.6 Å². The molecule has 0 radical (unpaired) electrons. The summed E-state index contributed by atoms with van der Waals surface area (Å²) in [5, 5.41) is 7.83. The number of hydrogen-bond donors (Lipinski definition) is 2. The van der Waals surface area contributed by atoms with Crippen LogP contribution in [0.1, 0.15) is 19.8 Å². The zero-order valence-electron chi connectivity index (χ0n) is 14.3. The number of hydrogen-bond acceptors (Lipinski definition) is 7. The van der Waals surface area contributed by atoms with Crippen LogP contribution in [0.4, 0.5) is 11.8 Å². The topological polar surface area (TPSA) is 78.9 Å². The van der Waals surface area contributed by atoms with Crippen LogP contribution in [0.25, 0.3) is 0 Å². The molecule has 132 valence electrons. The van der Waals surface area contributed by atoms with Crippen molar-refractivity contribution in [1.82, 2.24) is 25.3 Å².